The summed E-state index contributed by atoms with van der Waals surface area (Å²) in [6.45, 7) is 17.0. The first-order valence-electron chi connectivity index (χ1n) is 16.3. The Hall–Kier alpha value is -3.48. The van der Waals surface area contributed by atoms with E-state index in [1.807, 2.05) is 18.2 Å². The predicted molar refractivity (Wildman–Crippen MR) is 182 cm³/mol. The molecule has 0 spiro atoms. The van der Waals surface area contributed by atoms with Crippen LogP contribution >= 0.6 is 0 Å². The maximum absolute atomic E-state index is 14.0. The van der Waals surface area contributed by atoms with Crippen molar-refractivity contribution in [2.24, 2.45) is 0 Å². The standard InChI is InChI=1S/C39H50N2O4/c1-36(2)22-30(23-37(3,4)40-36)44-34(42)32-20-19-29(28-17-15-27(16-18-28)26-13-11-9-10-12-14-26)21-33(32)35(43)45-31-24-38(5,6)41-39(7,8)25-31/h9-21,26,30-31,40-41H,22-25H2,1-8H3. The summed E-state index contributed by atoms with van der Waals surface area (Å²) in [5.41, 5.74) is 2.71. The van der Waals surface area contributed by atoms with E-state index in [4.69, 9.17) is 9.47 Å². The third-order valence-corrected chi connectivity index (χ3v) is 8.91. The van der Waals surface area contributed by atoms with Gasteiger partial charge in [-0.25, -0.2) is 9.59 Å². The zero-order chi connectivity index (χ0) is 32.6. The minimum Gasteiger partial charge on any atom is -0.459 e. The summed E-state index contributed by atoms with van der Waals surface area (Å²) in [6.07, 6.45) is 14.7. The molecular formula is C39H50N2O4. The van der Waals surface area contributed by atoms with Crippen LogP contribution in [0.2, 0.25) is 0 Å². The van der Waals surface area contributed by atoms with Gasteiger partial charge in [-0.15, -0.1) is 0 Å². The topological polar surface area (TPSA) is 76.7 Å². The maximum Gasteiger partial charge on any atom is 0.339 e. The summed E-state index contributed by atoms with van der Waals surface area (Å²) in [5.74, 6) is -0.792. The summed E-state index contributed by atoms with van der Waals surface area (Å²) in [6, 6.07) is 13.8. The van der Waals surface area contributed by atoms with Gasteiger partial charge in [0.05, 0.1) is 11.1 Å². The highest BCUT2D eigenvalue weighted by molar-refractivity contribution is 6.04. The first kappa shape index (κ1) is 32.9. The van der Waals surface area contributed by atoms with Crippen molar-refractivity contribution in [1.29, 1.82) is 0 Å². The molecule has 2 heterocycles. The van der Waals surface area contributed by atoms with Crippen LogP contribution in [-0.4, -0.2) is 46.3 Å². The molecule has 0 bridgehead atoms. The van der Waals surface area contributed by atoms with Crippen LogP contribution in [0.1, 0.15) is 113 Å². The van der Waals surface area contributed by atoms with Gasteiger partial charge in [-0.3, -0.25) is 0 Å². The van der Waals surface area contributed by atoms with Gasteiger partial charge in [0.15, 0.2) is 0 Å². The highest BCUT2D eigenvalue weighted by Gasteiger charge is 2.41. The second kappa shape index (κ2) is 12.4. The monoisotopic (exact) mass is 610 g/mol. The lowest BCUT2D eigenvalue weighted by atomic mass is 9.81. The Balaban J connectivity index is 1.44. The fraction of sp³-hybridized carbons (Fsp3) is 0.487. The Labute approximate surface area is 269 Å². The first-order chi connectivity index (χ1) is 21.0. The van der Waals surface area contributed by atoms with E-state index < -0.39 is 11.9 Å². The third kappa shape index (κ3) is 8.42. The summed E-state index contributed by atoms with van der Waals surface area (Å²) in [5, 5.41) is 7.28. The van der Waals surface area contributed by atoms with Crippen molar-refractivity contribution in [1.82, 2.24) is 10.6 Å². The van der Waals surface area contributed by atoms with Gasteiger partial charge in [-0.2, -0.15) is 0 Å². The van der Waals surface area contributed by atoms with Crippen LogP contribution in [0.25, 0.3) is 11.1 Å². The van der Waals surface area contributed by atoms with E-state index in [2.05, 4.69) is 115 Å². The molecular weight excluding hydrogens is 560 g/mol. The highest BCUT2D eigenvalue weighted by atomic mass is 16.6. The molecule has 2 aliphatic heterocycles. The molecule has 0 aromatic heterocycles. The SMILES string of the molecule is CC1(C)CC(OC(=O)c2ccc(-c3ccc(C4C=CC=CC=C4)cc3)cc2C(=O)OC2CC(C)(C)NC(C)(C)C2)CC(C)(C)N1. The fourth-order valence-electron chi connectivity index (χ4n) is 7.80. The summed E-state index contributed by atoms with van der Waals surface area (Å²) in [4.78, 5) is 27.7. The van der Waals surface area contributed by atoms with Gasteiger partial charge in [-0.1, -0.05) is 66.8 Å². The number of hydrogen-bond donors (Lipinski definition) is 2. The molecule has 2 fully saturated rings. The Kier molecular flexibility index (Phi) is 9.05. The lowest BCUT2D eigenvalue weighted by molar-refractivity contribution is -0.0106. The number of carbonyl (C=O) groups is 2. The Morgan fingerprint density at radius 1 is 0.578 bits per heavy atom. The normalized spacial score (nSPS) is 22.5. The van der Waals surface area contributed by atoms with E-state index in [9.17, 15) is 9.59 Å². The summed E-state index contributed by atoms with van der Waals surface area (Å²) >= 11 is 0. The number of benzene rings is 2. The lowest BCUT2D eigenvalue weighted by Gasteiger charge is -2.46. The quantitative estimate of drug-likeness (QED) is 0.322. The minimum atomic E-state index is -0.494. The largest absolute Gasteiger partial charge is 0.459 e. The Morgan fingerprint density at radius 2 is 1.00 bits per heavy atom. The van der Waals surface area contributed by atoms with Gasteiger partial charge >= 0.3 is 11.9 Å². The van der Waals surface area contributed by atoms with Gasteiger partial charge in [0.25, 0.3) is 0 Å². The average molecular weight is 611 g/mol. The number of esters is 2. The molecule has 0 atom stereocenters. The molecule has 0 saturated carbocycles. The molecule has 240 valence electrons. The van der Waals surface area contributed by atoms with Crippen molar-refractivity contribution in [3.63, 3.8) is 0 Å². The third-order valence-electron chi connectivity index (χ3n) is 8.91. The van der Waals surface area contributed by atoms with Crippen LogP contribution in [0.15, 0.2) is 78.9 Å². The van der Waals surface area contributed by atoms with Crippen LogP contribution in [-0.2, 0) is 9.47 Å². The predicted octanol–water partition coefficient (Wildman–Crippen LogP) is 8.05. The summed E-state index contributed by atoms with van der Waals surface area (Å²) in [7, 11) is 0. The molecule has 3 aliphatic rings. The van der Waals surface area contributed by atoms with Gasteiger partial charge in [0.1, 0.15) is 12.2 Å². The van der Waals surface area contributed by atoms with Crippen LogP contribution in [0.4, 0.5) is 0 Å². The van der Waals surface area contributed by atoms with Crippen LogP contribution < -0.4 is 10.6 Å². The minimum absolute atomic E-state index is 0.183. The van der Waals surface area contributed by atoms with E-state index >= 15 is 0 Å². The van der Waals surface area contributed by atoms with E-state index in [-0.39, 0.29) is 51.4 Å². The van der Waals surface area contributed by atoms with E-state index in [0.717, 1.165) is 11.1 Å². The van der Waals surface area contributed by atoms with Crippen molar-refractivity contribution in [3.05, 3.63) is 95.6 Å². The molecule has 2 saturated heterocycles. The zero-order valence-electron chi connectivity index (χ0n) is 28.2. The van der Waals surface area contributed by atoms with Crippen molar-refractivity contribution in [2.45, 2.75) is 121 Å². The number of nitrogens with one attached hydrogen (secondary N) is 2. The van der Waals surface area contributed by atoms with Gasteiger partial charge < -0.3 is 20.1 Å². The zero-order valence-corrected chi connectivity index (χ0v) is 28.2. The molecule has 2 aromatic carbocycles. The van der Waals surface area contributed by atoms with Crippen molar-refractivity contribution in [2.75, 3.05) is 0 Å². The van der Waals surface area contributed by atoms with Crippen molar-refractivity contribution in [3.8, 4) is 11.1 Å². The van der Waals surface area contributed by atoms with Crippen LogP contribution in [0.3, 0.4) is 0 Å². The molecule has 45 heavy (non-hydrogen) atoms. The van der Waals surface area contributed by atoms with Crippen LogP contribution in [0, 0.1) is 0 Å². The Bertz CT molecular complexity index is 1460. The highest BCUT2D eigenvalue weighted by Crippen LogP contribution is 2.34. The van der Waals surface area contributed by atoms with E-state index in [0.29, 0.717) is 25.7 Å². The fourth-order valence-corrected chi connectivity index (χ4v) is 7.80. The second-order valence-electron chi connectivity index (χ2n) is 15.7. The van der Waals surface area contributed by atoms with Gasteiger partial charge in [0.2, 0.25) is 0 Å². The van der Waals surface area contributed by atoms with Crippen molar-refractivity contribution < 1.29 is 19.1 Å². The molecule has 1 aliphatic carbocycles. The molecule has 2 aromatic rings. The van der Waals surface area contributed by atoms with Crippen molar-refractivity contribution >= 4 is 11.9 Å². The molecule has 0 amide bonds. The Morgan fingerprint density at radius 3 is 1.47 bits per heavy atom. The average Bonchev–Trinajstić information content (AvgIpc) is 3.19. The number of ether oxygens (including phenoxy) is 2. The number of rotatable bonds is 6. The van der Waals surface area contributed by atoms with Gasteiger partial charge in [0, 0.05) is 53.8 Å². The summed E-state index contributed by atoms with van der Waals surface area (Å²) < 4.78 is 12.3. The second-order valence-corrected chi connectivity index (χ2v) is 15.7. The number of piperidine rings is 2. The molecule has 0 unspecified atom stereocenters. The number of hydrogen-bond acceptors (Lipinski definition) is 6. The molecule has 5 rings (SSSR count). The van der Waals surface area contributed by atoms with E-state index in [1.165, 1.54) is 5.56 Å². The smallest absolute Gasteiger partial charge is 0.339 e. The number of allylic oxidation sites excluding steroid dienone is 6. The van der Waals surface area contributed by atoms with Gasteiger partial charge in [-0.05, 0) is 84.2 Å². The maximum atomic E-state index is 14.0. The van der Waals surface area contributed by atoms with E-state index in [1.54, 1.807) is 12.1 Å². The molecule has 2 N–H and O–H groups in total. The first-order valence-corrected chi connectivity index (χ1v) is 16.3. The lowest BCUT2D eigenvalue weighted by Crippen LogP contribution is -2.59. The molecule has 0 radical (unpaired) electrons. The number of carbonyl (C=O) groups excluding carboxylic acids is 2. The molecule has 6 nitrogen and oxygen atoms in total. The molecule has 6 heteroatoms. The van der Waals surface area contributed by atoms with Crippen LogP contribution in [0.5, 0.6) is 0 Å².